The molecule has 0 aliphatic carbocycles. The van der Waals surface area contributed by atoms with Crippen molar-refractivity contribution in [2.75, 3.05) is 13.2 Å². The summed E-state index contributed by atoms with van der Waals surface area (Å²) in [6, 6.07) is -0.556. The minimum absolute atomic E-state index is 0.0310. The second-order valence-corrected chi connectivity index (χ2v) is 20.0. The van der Waals surface area contributed by atoms with E-state index in [-0.39, 0.29) is 18.5 Å². The fraction of sp³-hybridized carbons (Fsp3) is 0.836. The molecule has 67 heavy (non-hydrogen) atoms. The zero-order chi connectivity index (χ0) is 48.6. The Balaban J connectivity index is 3.51. The predicted octanol–water partition coefficient (Wildman–Crippen LogP) is 18.2. The van der Waals surface area contributed by atoms with Crippen molar-refractivity contribution in [1.82, 2.24) is 5.32 Å². The fourth-order valence-electron chi connectivity index (χ4n) is 8.83. The summed E-state index contributed by atoms with van der Waals surface area (Å²) in [5.41, 5.74) is 0. The van der Waals surface area contributed by atoms with Gasteiger partial charge in [0.1, 0.15) is 0 Å². The Morgan fingerprint density at radius 3 is 1.19 bits per heavy atom. The third-order valence-corrected chi connectivity index (χ3v) is 13.3. The summed E-state index contributed by atoms with van der Waals surface area (Å²) < 4.78 is 5.43. The number of esters is 1. The van der Waals surface area contributed by atoms with Gasteiger partial charge in [-0.15, -0.1) is 0 Å². The average molecular weight is 941 g/mol. The van der Waals surface area contributed by atoms with Gasteiger partial charge in [0.05, 0.1) is 25.4 Å². The fourth-order valence-corrected chi connectivity index (χ4v) is 8.83. The maximum Gasteiger partial charge on any atom is 0.305 e. The van der Waals surface area contributed by atoms with Crippen LogP contribution in [0.2, 0.25) is 0 Å². The van der Waals surface area contributed by atoms with Crippen molar-refractivity contribution in [3.05, 3.63) is 48.6 Å². The van der Waals surface area contributed by atoms with Crippen LogP contribution in [0, 0.1) is 0 Å². The van der Waals surface area contributed by atoms with Gasteiger partial charge >= 0.3 is 5.97 Å². The van der Waals surface area contributed by atoms with Crippen LogP contribution in [-0.2, 0) is 14.3 Å². The van der Waals surface area contributed by atoms with Crippen molar-refractivity contribution in [2.24, 2.45) is 0 Å². The first-order chi connectivity index (χ1) is 33.0. The molecule has 0 saturated heterocycles. The van der Waals surface area contributed by atoms with E-state index in [4.69, 9.17) is 4.74 Å². The van der Waals surface area contributed by atoms with Gasteiger partial charge in [0, 0.05) is 12.8 Å². The van der Waals surface area contributed by atoms with Crippen LogP contribution in [0.4, 0.5) is 0 Å². The van der Waals surface area contributed by atoms with E-state index in [1.165, 1.54) is 173 Å². The summed E-state index contributed by atoms with van der Waals surface area (Å²) in [6.07, 6.45) is 71.0. The van der Waals surface area contributed by atoms with Crippen molar-refractivity contribution in [3.8, 4) is 0 Å². The number of aliphatic hydroxyl groups excluding tert-OH is 2. The molecule has 6 nitrogen and oxygen atoms in total. The summed E-state index contributed by atoms with van der Waals surface area (Å²) in [5.74, 6) is -0.0811. The van der Waals surface area contributed by atoms with Gasteiger partial charge in [0.15, 0.2) is 0 Å². The van der Waals surface area contributed by atoms with Crippen LogP contribution in [0.5, 0.6) is 0 Å². The molecule has 6 heteroatoms. The molecule has 0 rings (SSSR count). The van der Waals surface area contributed by atoms with Crippen LogP contribution in [0.15, 0.2) is 48.6 Å². The maximum atomic E-state index is 12.5. The number of unbranched alkanes of at least 4 members (excludes halogenated alkanes) is 35. The summed E-state index contributed by atoms with van der Waals surface area (Å²) in [7, 11) is 0. The zero-order valence-electron chi connectivity index (χ0n) is 44.6. The predicted molar refractivity (Wildman–Crippen MR) is 292 cm³/mol. The second kappa shape index (κ2) is 56.4. The summed E-state index contributed by atoms with van der Waals surface area (Å²) in [5, 5.41) is 23.3. The number of rotatable bonds is 54. The van der Waals surface area contributed by atoms with Gasteiger partial charge in [-0.1, -0.05) is 249 Å². The minimum Gasteiger partial charge on any atom is -0.466 e. The van der Waals surface area contributed by atoms with Crippen LogP contribution in [-0.4, -0.2) is 47.4 Å². The lowest BCUT2D eigenvalue weighted by atomic mass is 10.0. The molecular weight excluding hydrogens is 827 g/mol. The van der Waals surface area contributed by atoms with E-state index in [0.717, 1.165) is 96.3 Å². The molecule has 0 aromatic heterocycles. The number of aliphatic hydroxyl groups is 2. The zero-order valence-corrected chi connectivity index (χ0v) is 44.6. The normalized spacial score (nSPS) is 13.0. The number of allylic oxidation sites excluding steroid dienone is 8. The number of carbonyl (C=O) groups excluding carboxylic acids is 2. The SMILES string of the molecule is CCC/C=C\C/C=C\CCCCCCCC(=O)OCCCCC/C=C\C/C=C\CCCCCCCCCC(=O)NC(CO)C(O)CCCCCCCCCCCCCCCCCCCCCC. The molecule has 1 amide bonds. The van der Waals surface area contributed by atoms with Gasteiger partial charge in [-0.2, -0.15) is 0 Å². The van der Waals surface area contributed by atoms with E-state index < -0.39 is 12.1 Å². The lowest BCUT2D eigenvalue weighted by Gasteiger charge is -2.22. The number of carbonyl (C=O) groups is 2. The molecule has 0 aliphatic rings. The van der Waals surface area contributed by atoms with Gasteiger partial charge in [-0.05, 0) is 89.9 Å². The summed E-state index contributed by atoms with van der Waals surface area (Å²) >= 11 is 0. The van der Waals surface area contributed by atoms with Crippen molar-refractivity contribution >= 4 is 11.9 Å². The molecule has 0 spiro atoms. The molecule has 3 N–H and O–H groups in total. The first-order valence-electron chi connectivity index (χ1n) is 29.4. The molecule has 0 fully saturated rings. The molecule has 0 saturated carbocycles. The second-order valence-electron chi connectivity index (χ2n) is 20.0. The highest BCUT2D eigenvalue weighted by Crippen LogP contribution is 2.17. The standard InChI is InChI=1S/C61H113NO5/c1-3-5-7-9-11-13-15-17-18-19-20-21-23-26-30-33-37-41-45-49-53-59(64)58(57-63)62-60(65)54-50-46-42-38-34-31-27-24-22-25-28-32-36-40-44-48-52-56-67-61(66)55-51-47-43-39-35-29-16-14-12-10-8-6-4-2/h8,10,14,16,22,25,32,36,58-59,63-64H,3-7,9,11-13,15,17-21,23-24,26-31,33-35,37-57H2,1-2H3,(H,62,65)/b10-8-,16-14-,25-22-,36-32-. The molecule has 2 atom stereocenters. The lowest BCUT2D eigenvalue weighted by molar-refractivity contribution is -0.143. The number of hydrogen-bond donors (Lipinski definition) is 3. The highest BCUT2D eigenvalue weighted by molar-refractivity contribution is 5.76. The van der Waals surface area contributed by atoms with E-state index in [9.17, 15) is 19.8 Å². The third kappa shape index (κ3) is 53.0. The molecular formula is C61H113NO5. The molecule has 0 bridgehead atoms. The molecule has 0 aliphatic heterocycles. The molecule has 0 aromatic carbocycles. The molecule has 2 unspecified atom stereocenters. The topological polar surface area (TPSA) is 95.9 Å². The minimum atomic E-state index is -0.677. The van der Waals surface area contributed by atoms with E-state index in [0.29, 0.717) is 25.9 Å². The monoisotopic (exact) mass is 940 g/mol. The molecule has 392 valence electrons. The molecule has 0 heterocycles. The maximum absolute atomic E-state index is 12.5. The van der Waals surface area contributed by atoms with Crippen molar-refractivity contribution < 1.29 is 24.5 Å². The Bertz CT molecular complexity index is 1130. The Hall–Kier alpha value is -2.18. The van der Waals surface area contributed by atoms with Crippen LogP contribution in [0.25, 0.3) is 0 Å². The first-order valence-corrected chi connectivity index (χ1v) is 29.4. The van der Waals surface area contributed by atoms with Crippen LogP contribution in [0.1, 0.15) is 303 Å². The number of nitrogens with one attached hydrogen (secondary N) is 1. The van der Waals surface area contributed by atoms with Gasteiger partial charge in [0.2, 0.25) is 5.91 Å². The van der Waals surface area contributed by atoms with Crippen LogP contribution < -0.4 is 5.32 Å². The van der Waals surface area contributed by atoms with E-state index >= 15 is 0 Å². The number of hydrogen-bond acceptors (Lipinski definition) is 5. The first kappa shape index (κ1) is 64.8. The Labute approximate surface area is 416 Å². The number of ether oxygens (including phenoxy) is 1. The largest absolute Gasteiger partial charge is 0.466 e. The molecule has 0 radical (unpaired) electrons. The lowest BCUT2D eigenvalue weighted by Crippen LogP contribution is -2.45. The van der Waals surface area contributed by atoms with Gasteiger partial charge in [0.25, 0.3) is 0 Å². The van der Waals surface area contributed by atoms with Gasteiger partial charge in [-0.3, -0.25) is 9.59 Å². The van der Waals surface area contributed by atoms with E-state index in [2.05, 4.69) is 67.8 Å². The Kier molecular flexibility index (Phi) is 54.6. The molecule has 0 aromatic rings. The highest BCUT2D eigenvalue weighted by atomic mass is 16.5. The quantitative estimate of drug-likeness (QED) is 0.0321. The van der Waals surface area contributed by atoms with E-state index in [1.807, 2.05) is 0 Å². The van der Waals surface area contributed by atoms with Gasteiger partial charge in [-0.25, -0.2) is 0 Å². The smallest absolute Gasteiger partial charge is 0.305 e. The Morgan fingerprint density at radius 1 is 0.418 bits per heavy atom. The number of amides is 1. The van der Waals surface area contributed by atoms with E-state index in [1.54, 1.807) is 0 Å². The average Bonchev–Trinajstić information content (AvgIpc) is 3.33. The highest BCUT2D eigenvalue weighted by Gasteiger charge is 2.20. The van der Waals surface area contributed by atoms with Crippen molar-refractivity contribution in [1.29, 1.82) is 0 Å². The van der Waals surface area contributed by atoms with Crippen molar-refractivity contribution in [2.45, 2.75) is 315 Å². The summed E-state index contributed by atoms with van der Waals surface area (Å²) in [4.78, 5) is 24.5. The third-order valence-electron chi connectivity index (χ3n) is 13.3. The van der Waals surface area contributed by atoms with Crippen molar-refractivity contribution in [3.63, 3.8) is 0 Å². The Morgan fingerprint density at radius 2 is 0.776 bits per heavy atom. The van der Waals surface area contributed by atoms with Gasteiger partial charge < -0.3 is 20.3 Å². The summed E-state index contributed by atoms with van der Waals surface area (Å²) in [6.45, 7) is 4.85. The van der Waals surface area contributed by atoms with Crippen LogP contribution >= 0.6 is 0 Å². The van der Waals surface area contributed by atoms with Crippen LogP contribution in [0.3, 0.4) is 0 Å².